The van der Waals surface area contributed by atoms with Crippen LogP contribution in [0.2, 0.25) is 0 Å². The first-order valence-corrected chi connectivity index (χ1v) is 10.5. The summed E-state index contributed by atoms with van der Waals surface area (Å²) in [6.07, 6.45) is 3.69. The lowest BCUT2D eigenvalue weighted by molar-refractivity contribution is -0.385. The number of benzene rings is 2. The molecule has 1 aliphatic carbocycles. The minimum atomic E-state index is -1.03. The number of nitro groups is 1. The second kappa shape index (κ2) is 8.15. The van der Waals surface area contributed by atoms with E-state index >= 15 is 0 Å². The van der Waals surface area contributed by atoms with Crippen LogP contribution in [0.1, 0.15) is 36.0 Å². The van der Waals surface area contributed by atoms with E-state index in [4.69, 9.17) is 23.7 Å². The molecule has 5 rings (SSSR count). The first-order chi connectivity index (χ1) is 15.9. The molecule has 0 radical (unpaired) electrons. The lowest BCUT2D eigenvalue weighted by Crippen LogP contribution is -2.34. The van der Waals surface area contributed by atoms with E-state index in [9.17, 15) is 19.7 Å². The maximum atomic E-state index is 12.5. The molecule has 2 aromatic rings. The molecule has 1 saturated carbocycles. The Morgan fingerprint density at radius 2 is 1.70 bits per heavy atom. The number of hydrogen-bond acceptors (Lipinski definition) is 9. The molecule has 11 nitrogen and oxygen atoms in total. The molecule has 172 valence electrons. The summed E-state index contributed by atoms with van der Waals surface area (Å²) < 4.78 is 27.6. The van der Waals surface area contributed by atoms with Crippen LogP contribution in [-0.4, -0.2) is 42.4 Å². The van der Waals surface area contributed by atoms with E-state index in [1.807, 2.05) is 0 Å². The van der Waals surface area contributed by atoms with Gasteiger partial charge in [0.2, 0.25) is 0 Å². The standard InChI is InChI=1S/C22H20N2O9/c25-20(23-13-3-4-16-19(9-13)33-22(32-16)5-1-2-6-22)12-31-21(26)14-10-17-18(30-8-7-29-17)11-15(14)24(27)28/h3-4,9-11H,1-2,5-8,12H2,(H,23,25). The van der Waals surface area contributed by atoms with Crippen molar-refractivity contribution in [2.75, 3.05) is 25.1 Å². The van der Waals surface area contributed by atoms with Crippen LogP contribution in [-0.2, 0) is 9.53 Å². The molecule has 1 fully saturated rings. The molecule has 2 heterocycles. The van der Waals surface area contributed by atoms with Crippen LogP contribution < -0.4 is 24.3 Å². The second-order valence-electron chi connectivity index (χ2n) is 7.88. The van der Waals surface area contributed by atoms with E-state index < -0.39 is 34.9 Å². The summed E-state index contributed by atoms with van der Waals surface area (Å²) in [5.74, 6) is -0.724. The average Bonchev–Trinajstić information content (AvgIpc) is 3.41. The monoisotopic (exact) mass is 456 g/mol. The van der Waals surface area contributed by atoms with Crippen LogP contribution in [0.4, 0.5) is 11.4 Å². The molecule has 11 heteroatoms. The summed E-state index contributed by atoms with van der Waals surface area (Å²) in [4.78, 5) is 35.4. The van der Waals surface area contributed by atoms with Crippen LogP contribution in [0.15, 0.2) is 30.3 Å². The number of carbonyl (C=O) groups is 2. The quantitative estimate of drug-likeness (QED) is 0.409. The molecule has 0 unspecified atom stereocenters. The van der Waals surface area contributed by atoms with Gasteiger partial charge in [0.15, 0.2) is 29.6 Å². The number of hydrogen-bond donors (Lipinski definition) is 1. The van der Waals surface area contributed by atoms with Crippen LogP contribution in [0.3, 0.4) is 0 Å². The number of fused-ring (bicyclic) bond motifs is 2. The van der Waals surface area contributed by atoms with Crippen LogP contribution >= 0.6 is 0 Å². The molecule has 1 spiro atoms. The molecule has 0 aromatic heterocycles. The van der Waals surface area contributed by atoms with Gasteiger partial charge in [-0.15, -0.1) is 0 Å². The highest BCUT2D eigenvalue weighted by Gasteiger charge is 2.44. The molecule has 2 aromatic carbocycles. The first-order valence-electron chi connectivity index (χ1n) is 10.5. The molecule has 33 heavy (non-hydrogen) atoms. The van der Waals surface area contributed by atoms with Gasteiger partial charge in [0.25, 0.3) is 17.4 Å². The van der Waals surface area contributed by atoms with Gasteiger partial charge in [-0.25, -0.2) is 4.79 Å². The molecule has 0 bridgehead atoms. The summed E-state index contributed by atoms with van der Waals surface area (Å²) in [7, 11) is 0. The summed E-state index contributed by atoms with van der Waals surface area (Å²) >= 11 is 0. The minimum absolute atomic E-state index is 0.171. The van der Waals surface area contributed by atoms with Crippen molar-refractivity contribution in [2.24, 2.45) is 0 Å². The van der Waals surface area contributed by atoms with Crippen molar-refractivity contribution < 1.29 is 38.2 Å². The minimum Gasteiger partial charge on any atom is -0.486 e. The van der Waals surface area contributed by atoms with Crippen molar-refractivity contribution in [3.8, 4) is 23.0 Å². The van der Waals surface area contributed by atoms with E-state index in [1.54, 1.807) is 18.2 Å². The number of ether oxygens (including phenoxy) is 5. The van der Waals surface area contributed by atoms with Crippen molar-refractivity contribution in [1.29, 1.82) is 0 Å². The van der Waals surface area contributed by atoms with E-state index in [0.717, 1.165) is 31.7 Å². The zero-order chi connectivity index (χ0) is 23.0. The number of nitrogens with zero attached hydrogens (tertiary/aromatic N) is 1. The van der Waals surface area contributed by atoms with Gasteiger partial charge in [-0.1, -0.05) is 0 Å². The zero-order valence-corrected chi connectivity index (χ0v) is 17.5. The van der Waals surface area contributed by atoms with Gasteiger partial charge in [-0.05, 0) is 25.0 Å². The normalized spacial score (nSPS) is 17.0. The van der Waals surface area contributed by atoms with E-state index in [-0.39, 0.29) is 30.3 Å². The lowest BCUT2D eigenvalue weighted by atomic mass is 10.1. The van der Waals surface area contributed by atoms with Gasteiger partial charge >= 0.3 is 5.97 Å². The van der Waals surface area contributed by atoms with Crippen molar-refractivity contribution >= 4 is 23.3 Å². The highest BCUT2D eigenvalue weighted by atomic mass is 16.7. The number of esters is 1. The molecular formula is C22H20N2O9. The van der Waals surface area contributed by atoms with Gasteiger partial charge in [0, 0.05) is 30.7 Å². The van der Waals surface area contributed by atoms with Crippen molar-refractivity contribution in [1.82, 2.24) is 0 Å². The predicted molar refractivity (Wildman–Crippen MR) is 112 cm³/mol. The predicted octanol–water partition coefficient (Wildman–Crippen LogP) is 3.20. The highest BCUT2D eigenvalue weighted by Crippen LogP contribution is 2.47. The number of nitrogens with one attached hydrogen (secondary N) is 1. The van der Waals surface area contributed by atoms with Crippen LogP contribution in [0, 0.1) is 10.1 Å². The fourth-order valence-electron chi connectivity index (χ4n) is 4.09. The fraction of sp³-hybridized carbons (Fsp3) is 0.364. The Morgan fingerprint density at radius 1 is 1.00 bits per heavy atom. The van der Waals surface area contributed by atoms with Gasteiger partial charge in [0.05, 0.1) is 11.0 Å². The molecule has 0 saturated heterocycles. The number of anilines is 1. The van der Waals surface area contributed by atoms with Gasteiger partial charge in [-0.3, -0.25) is 14.9 Å². The Bertz CT molecular complexity index is 1140. The SMILES string of the molecule is O=C(COC(=O)c1cc2c(cc1[N+](=O)[O-])OCCO2)Nc1ccc2c(c1)OC1(CCCC1)O2. The third kappa shape index (κ3) is 4.09. The third-order valence-electron chi connectivity index (χ3n) is 5.60. The Kier molecular flexibility index (Phi) is 5.15. The van der Waals surface area contributed by atoms with E-state index in [2.05, 4.69) is 5.32 Å². The van der Waals surface area contributed by atoms with Crippen molar-refractivity contribution in [3.63, 3.8) is 0 Å². The van der Waals surface area contributed by atoms with Gasteiger partial charge in [-0.2, -0.15) is 0 Å². The summed E-state index contributed by atoms with van der Waals surface area (Å²) in [5.41, 5.74) is -0.387. The summed E-state index contributed by atoms with van der Waals surface area (Å²) in [5, 5.41) is 14.0. The number of amides is 1. The average molecular weight is 456 g/mol. The molecule has 1 amide bonds. The van der Waals surface area contributed by atoms with Crippen LogP contribution in [0.25, 0.3) is 0 Å². The van der Waals surface area contributed by atoms with E-state index in [0.29, 0.717) is 17.2 Å². The third-order valence-corrected chi connectivity index (χ3v) is 5.60. The molecular weight excluding hydrogens is 436 g/mol. The summed E-state index contributed by atoms with van der Waals surface area (Å²) in [6.45, 7) is -0.143. The van der Waals surface area contributed by atoms with Gasteiger partial charge in [0.1, 0.15) is 18.8 Å². The number of carbonyl (C=O) groups excluding carboxylic acids is 2. The van der Waals surface area contributed by atoms with Gasteiger partial charge < -0.3 is 29.0 Å². The van der Waals surface area contributed by atoms with Crippen LogP contribution in [0.5, 0.6) is 23.0 Å². The van der Waals surface area contributed by atoms with Crippen molar-refractivity contribution in [3.05, 3.63) is 46.0 Å². The Balaban J connectivity index is 1.22. The fourth-order valence-corrected chi connectivity index (χ4v) is 4.09. The molecule has 3 aliphatic rings. The highest BCUT2D eigenvalue weighted by molar-refractivity contribution is 5.98. The Labute approximate surface area is 187 Å². The Hall–Kier alpha value is -4.02. The number of nitro benzene ring substituents is 1. The smallest absolute Gasteiger partial charge is 0.345 e. The second-order valence-corrected chi connectivity index (χ2v) is 7.88. The summed E-state index contributed by atoms with van der Waals surface area (Å²) in [6, 6.07) is 7.30. The molecule has 1 N–H and O–H groups in total. The first kappa shape index (κ1) is 20.9. The van der Waals surface area contributed by atoms with Crippen molar-refractivity contribution in [2.45, 2.75) is 31.5 Å². The molecule has 0 atom stereocenters. The lowest BCUT2D eigenvalue weighted by Gasteiger charge is -2.21. The molecule has 2 aliphatic heterocycles. The number of rotatable bonds is 5. The largest absolute Gasteiger partial charge is 0.486 e. The zero-order valence-electron chi connectivity index (χ0n) is 17.5. The topological polar surface area (TPSA) is 135 Å². The maximum absolute atomic E-state index is 12.5. The van der Waals surface area contributed by atoms with E-state index in [1.165, 1.54) is 6.07 Å². The Morgan fingerprint density at radius 3 is 2.42 bits per heavy atom. The maximum Gasteiger partial charge on any atom is 0.345 e.